The Kier molecular flexibility index (Phi) is 6.25. The van der Waals surface area contributed by atoms with Crippen molar-refractivity contribution >= 4 is 0 Å². The van der Waals surface area contributed by atoms with Crippen LogP contribution < -0.4 is 5.32 Å². The molecule has 21 heavy (non-hydrogen) atoms. The van der Waals surface area contributed by atoms with E-state index in [1.807, 2.05) is 0 Å². The second-order valence-electron chi connectivity index (χ2n) is 7.07. The normalized spacial score (nSPS) is 22.3. The van der Waals surface area contributed by atoms with E-state index >= 15 is 0 Å². The molecule has 0 aromatic heterocycles. The minimum Gasteiger partial charge on any atom is -0.311 e. The van der Waals surface area contributed by atoms with Crippen molar-refractivity contribution in [2.45, 2.75) is 64.5 Å². The first-order chi connectivity index (χ1) is 10.1. The van der Waals surface area contributed by atoms with Crippen molar-refractivity contribution in [2.75, 3.05) is 19.6 Å². The first-order valence-electron chi connectivity index (χ1n) is 8.64. The van der Waals surface area contributed by atoms with Crippen molar-refractivity contribution < 1.29 is 0 Å². The molecule has 2 heteroatoms. The summed E-state index contributed by atoms with van der Waals surface area (Å²) in [6.45, 7) is 10.6. The largest absolute Gasteiger partial charge is 0.311 e. The molecule has 1 aliphatic rings. The molecule has 1 N–H and O–H groups in total. The summed E-state index contributed by atoms with van der Waals surface area (Å²) in [5.74, 6) is 0. The lowest BCUT2D eigenvalue weighted by Crippen LogP contribution is -2.61. The minimum atomic E-state index is 0.303. The predicted molar refractivity (Wildman–Crippen MR) is 91.7 cm³/mol. The molecule has 1 unspecified atom stereocenters. The molecule has 2 rings (SSSR count). The fourth-order valence-corrected chi connectivity index (χ4v) is 3.30. The Hall–Kier alpha value is -0.860. The molecule has 1 aromatic carbocycles. The van der Waals surface area contributed by atoms with E-state index in [9.17, 15) is 0 Å². The third-order valence-corrected chi connectivity index (χ3v) is 4.74. The Balaban J connectivity index is 1.74. The van der Waals surface area contributed by atoms with Gasteiger partial charge in [0.25, 0.3) is 0 Å². The number of benzene rings is 1. The van der Waals surface area contributed by atoms with Crippen molar-refractivity contribution in [2.24, 2.45) is 0 Å². The number of rotatable bonds is 7. The zero-order chi connectivity index (χ0) is 15.1. The number of nitrogens with zero attached hydrogens (tertiary/aromatic N) is 1. The van der Waals surface area contributed by atoms with E-state index in [2.05, 4.69) is 61.3 Å². The Labute approximate surface area is 130 Å². The van der Waals surface area contributed by atoms with E-state index in [1.165, 1.54) is 50.8 Å². The molecule has 1 heterocycles. The quantitative estimate of drug-likeness (QED) is 0.766. The molecule has 2 nitrogen and oxygen atoms in total. The van der Waals surface area contributed by atoms with Gasteiger partial charge in [0.05, 0.1) is 0 Å². The van der Waals surface area contributed by atoms with Gasteiger partial charge in [-0.15, -0.1) is 0 Å². The van der Waals surface area contributed by atoms with Crippen LogP contribution in [-0.4, -0.2) is 36.1 Å². The summed E-state index contributed by atoms with van der Waals surface area (Å²) in [5, 5.41) is 3.71. The van der Waals surface area contributed by atoms with Crippen molar-refractivity contribution in [1.82, 2.24) is 10.2 Å². The van der Waals surface area contributed by atoms with Gasteiger partial charge in [-0.25, -0.2) is 0 Å². The number of hydrogen-bond donors (Lipinski definition) is 1. The van der Waals surface area contributed by atoms with Crippen LogP contribution in [0.15, 0.2) is 30.3 Å². The van der Waals surface area contributed by atoms with Gasteiger partial charge in [-0.1, -0.05) is 43.7 Å². The number of nitrogens with one attached hydrogen (secondary N) is 1. The van der Waals surface area contributed by atoms with Crippen LogP contribution in [0.4, 0.5) is 0 Å². The maximum Gasteiger partial charge on any atom is 0.0278 e. The van der Waals surface area contributed by atoms with Crippen LogP contribution in [0.3, 0.4) is 0 Å². The van der Waals surface area contributed by atoms with Gasteiger partial charge in [-0.2, -0.15) is 0 Å². The zero-order valence-electron chi connectivity index (χ0n) is 14.1. The molecule has 118 valence electrons. The summed E-state index contributed by atoms with van der Waals surface area (Å²) < 4.78 is 0. The number of aryl methyl sites for hydroxylation is 1. The highest BCUT2D eigenvalue weighted by Crippen LogP contribution is 2.21. The van der Waals surface area contributed by atoms with Crippen molar-refractivity contribution in [3.05, 3.63) is 35.9 Å². The Morgan fingerprint density at radius 1 is 1.19 bits per heavy atom. The molecule has 1 aromatic rings. The molecular weight excluding hydrogens is 256 g/mol. The van der Waals surface area contributed by atoms with Crippen LogP contribution in [-0.2, 0) is 6.42 Å². The van der Waals surface area contributed by atoms with E-state index in [0.29, 0.717) is 11.6 Å². The molecule has 1 fully saturated rings. The Morgan fingerprint density at radius 2 is 1.95 bits per heavy atom. The molecule has 1 aliphatic heterocycles. The van der Waals surface area contributed by atoms with Gasteiger partial charge in [0.15, 0.2) is 0 Å². The second-order valence-corrected chi connectivity index (χ2v) is 7.07. The smallest absolute Gasteiger partial charge is 0.0278 e. The highest BCUT2D eigenvalue weighted by molar-refractivity contribution is 5.14. The minimum absolute atomic E-state index is 0.303. The van der Waals surface area contributed by atoms with Gasteiger partial charge >= 0.3 is 0 Å². The Morgan fingerprint density at radius 3 is 2.67 bits per heavy atom. The van der Waals surface area contributed by atoms with Crippen LogP contribution in [0.25, 0.3) is 0 Å². The summed E-state index contributed by atoms with van der Waals surface area (Å²) >= 11 is 0. The summed E-state index contributed by atoms with van der Waals surface area (Å²) in [5.41, 5.74) is 1.78. The lowest BCUT2D eigenvalue weighted by molar-refractivity contribution is 0.0622. The second kappa shape index (κ2) is 7.95. The van der Waals surface area contributed by atoms with Gasteiger partial charge < -0.3 is 5.32 Å². The molecule has 0 amide bonds. The number of unbranched alkanes of at least 4 members (excludes halogenated alkanes) is 1. The van der Waals surface area contributed by atoms with E-state index in [-0.39, 0.29) is 0 Å². The molecule has 0 spiro atoms. The first-order valence-corrected chi connectivity index (χ1v) is 8.64. The molecular formula is C19H32N2. The average molecular weight is 288 g/mol. The summed E-state index contributed by atoms with van der Waals surface area (Å²) in [6, 6.07) is 11.6. The molecule has 0 saturated carbocycles. The van der Waals surface area contributed by atoms with Crippen molar-refractivity contribution in [3.8, 4) is 0 Å². The van der Waals surface area contributed by atoms with Crippen molar-refractivity contribution in [3.63, 3.8) is 0 Å². The molecule has 1 saturated heterocycles. The first kappa shape index (κ1) is 16.5. The fraction of sp³-hybridized carbons (Fsp3) is 0.684. The van der Waals surface area contributed by atoms with Crippen LogP contribution in [0.2, 0.25) is 0 Å². The standard InChI is InChI=1S/C19H32N2/c1-4-10-18-15-21(19(2,3)16-20-18)14-9-8-13-17-11-6-5-7-12-17/h5-7,11-12,18,20H,4,8-10,13-16H2,1-3H3. The van der Waals surface area contributed by atoms with Crippen LogP contribution >= 0.6 is 0 Å². The summed E-state index contributed by atoms with van der Waals surface area (Å²) in [6.07, 6.45) is 6.39. The van der Waals surface area contributed by atoms with Gasteiger partial charge in [0, 0.05) is 24.7 Å². The Bertz CT molecular complexity index is 399. The number of piperazine rings is 1. The highest BCUT2D eigenvalue weighted by atomic mass is 15.3. The van der Waals surface area contributed by atoms with Crippen LogP contribution in [0.5, 0.6) is 0 Å². The lowest BCUT2D eigenvalue weighted by Gasteiger charge is -2.46. The van der Waals surface area contributed by atoms with Gasteiger partial charge in [-0.05, 0) is 51.6 Å². The zero-order valence-corrected chi connectivity index (χ0v) is 14.1. The summed E-state index contributed by atoms with van der Waals surface area (Å²) in [4.78, 5) is 2.70. The third kappa shape index (κ3) is 5.12. The third-order valence-electron chi connectivity index (χ3n) is 4.74. The van der Waals surface area contributed by atoms with Crippen molar-refractivity contribution in [1.29, 1.82) is 0 Å². The fourth-order valence-electron chi connectivity index (χ4n) is 3.30. The van der Waals surface area contributed by atoms with Gasteiger partial charge in [-0.3, -0.25) is 4.90 Å². The molecule has 0 bridgehead atoms. The van der Waals surface area contributed by atoms with E-state index in [1.54, 1.807) is 0 Å². The summed E-state index contributed by atoms with van der Waals surface area (Å²) in [7, 11) is 0. The monoisotopic (exact) mass is 288 g/mol. The van der Waals surface area contributed by atoms with E-state index in [4.69, 9.17) is 0 Å². The van der Waals surface area contributed by atoms with Crippen LogP contribution in [0.1, 0.15) is 52.0 Å². The topological polar surface area (TPSA) is 15.3 Å². The maximum atomic E-state index is 3.71. The average Bonchev–Trinajstić information content (AvgIpc) is 2.48. The SMILES string of the molecule is CCCC1CN(CCCCc2ccccc2)C(C)(C)CN1. The molecule has 1 atom stereocenters. The lowest BCUT2D eigenvalue weighted by atomic mass is 9.95. The van der Waals surface area contributed by atoms with E-state index in [0.717, 1.165) is 6.54 Å². The van der Waals surface area contributed by atoms with Crippen LogP contribution in [0, 0.1) is 0 Å². The predicted octanol–water partition coefficient (Wildman–Crippen LogP) is 3.86. The molecule has 0 aliphatic carbocycles. The van der Waals surface area contributed by atoms with Gasteiger partial charge in [0.1, 0.15) is 0 Å². The van der Waals surface area contributed by atoms with E-state index < -0.39 is 0 Å². The highest BCUT2D eigenvalue weighted by Gasteiger charge is 2.32. The maximum absolute atomic E-state index is 3.71. The molecule has 0 radical (unpaired) electrons. The number of hydrogen-bond acceptors (Lipinski definition) is 2. The van der Waals surface area contributed by atoms with Gasteiger partial charge in [0.2, 0.25) is 0 Å².